The molecular formula is C14H17NO. The Morgan fingerprint density at radius 2 is 2.12 bits per heavy atom. The highest BCUT2D eigenvalue weighted by atomic mass is 16.1. The van der Waals surface area contributed by atoms with Gasteiger partial charge in [-0.3, -0.25) is 4.79 Å². The number of hydrogen-bond donors (Lipinski definition) is 1. The van der Waals surface area contributed by atoms with Crippen LogP contribution in [-0.2, 0) is 11.2 Å². The molecule has 0 saturated carbocycles. The maximum Gasteiger partial charge on any atom is 0.220 e. The summed E-state index contributed by atoms with van der Waals surface area (Å²) in [5.74, 6) is 2.50. The van der Waals surface area contributed by atoms with Gasteiger partial charge in [0.25, 0.3) is 0 Å². The fourth-order valence-electron chi connectivity index (χ4n) is 1.45. The van der Waals surface area contributed by atoms with Crippen molar-refractivity contribution in [2.24, 2.45) is 0 Å². The predicted octanol–water partition coefficient (Wildman–Crippen LogP) is 2.15. The second-order valence-corrected chi connectivity index (χ2v) is 3.80. The van der Waals surface area contributed by atoms with Gasteiger partial charge in [0.2, 0.25) is 5.91 Å². The van der Waals surface area contributed by atoms with E-state index in [1.54, 1.807) is 6.92 Å². The Kier molecular flexibility index (Phi) is 5.15. The van der Waals surface area contributed by atoms with Gasteiger partial charge in [0.05, 0.1) is 6.04 Å². The van der Waals surface area contributed by atoms with Crippen LogP contribution in [0.15, 0.2) is 30.3 Å². The molecule has 0 aromatic heterocycles. The molecule has 1 N–H and O–H groups in total. The quantitative estimate of drug-likeness (QED) is 0.749. The molecular weight excluding hydrogens is 198 g/mol. The summed E-state index contributed by atoms with van der Waals surface area (Å²) in [7, 11) is 0. The number of terminal acetylenes is 1. The molecule has 1 atom stereocenters. The molecule has 1 rings (SSSR count). The van der Waals surface area contributed by atoms with Crippen molar-refractivity contribution in [2.75, 3.05) is 0 Å². The molecule has 0 heterocycles. The van der Waals surface area contributed by atoms with E-state index in [1.165, 1.54) is 5.56 Å². The average molecular weight is 215 g/mol. The van der Waals surface area contributed by atoms with Crippen LogP contribution >= 0.6 is 0 Å². The molecule has 0 radical (unpaired) electrons. The third-order valence-electron chi connectivity index (χ3n) is 2.34. The zero-order chi connectivity index (χ0) is 11.8. The zero-order valence-corrected chi connectivity index (χ0v) is 9.57. The fourth-order valence-corrected chi connectivity index (χ4v) is 1.45. The first kappa shape index (κ1) is 12.3. The number of carbonyl (C=O) groups is 1. The van der Waals surface area contributed by atoms with E-state index in [0.717, 1.165) is 12.8 Å². The van der Waals surface area contributed by atoms with Gasteiger partial charge in [-0.1, -0.05) is 36.3 Å². The largest absolute Gasteiger partial charge is 0.343 e. The molecule has 1 aromatic carbocycles. The second kappa shape index (κ2) is 6.68. The van der Waals surface area contributed by atoms with Gasteiger partial charge in [-0.2, -0.15) is 0 Å². The van der Waals surface area contributed by atoms with Crippen molar-refractivity contribution in [3.05, 3.63) is 35.9 Å². The van der Waals surface area contributed by atoms with Crippen LogP contribution in [0.5, 0.6) is 0 Å². The number of hydrogen-bond acceptors (Lipinski definition) is 1. The maximum atomic E-state index is 11.4. The van der Waals surface area contributed by atoms with Crippen LogP contribution in [0.1, 0.15) is 25.3 Å². The SMILES string of the molecule is C#CC(C)NC(=O)CCCc1ccccc1. The van der Waals surface area contributed by atoms with Gasteiger partial charge in [0.1, 0.15) is 0 Å². The van der Waals surface area contributed by atoms with Crippen LogP contribution < -0.4 is 5.32 Å². The minimum absolute atomic E-state index is 0.0291. The van der Waals surface area contributed by atoms with E-state index in [-0.39, 0.29) is 11.9 Å². The van der Waals surface area contributed by atoms with E-state index in [9.17, 15) is 4.79 Å². The van der Waals surface area contributed by atoms with Gasteiger partial charge >= 0.3 is 0 Å². The molecule has 0 saturated heterocycles. The Bertz CT molecular complexity index is 364. The molecule has 1 aromatic rings. The molecule has 0 bridgehead atoms. The number of rotatable bonds is 5. The van der Waals surface area contributed by atoms with Gasteiger partial charge in [-0.15, -0.1) is 6.42 Å². The van der Waals surface area contributed by atoms with Gasteiger partial charge in [0, 0.05) is 6.42 Å². The highest BCUT2D eigenvalue weighted by Gasteiger charge is 2.03. The van der Waals surface area contributed by atoms with Gasteiger partial charge in [-0.05, 0) is 25.3 Å². The standard InChI is InChI=1S/C14H17NO/c1-3-12(2)15-14(16)11-7-10-13-8-5-4-6-9-13/h1,4-6,8-9,12H,7,10-11H2,2H3,(H,15,16). The zero-order valence-electron chi connectivity index (χ0n) is 9.57. The normalized spacial score (nSPS) is 11.5. The van der Waals surface area contributed by atoms with Crippen LogP contribution in [0, 0.1) is 12.3 Å². The summed E-state index contributed by atoms with van der Waals surface area (Å²) < 4.78 is 0. The van der Waals surface area contributed by atoms with Crippen LogP contribution in [0.3, 0.4) is 0 Å². The van der Waals surface area contributed by atoms with Crippen molar-refractivity contribution in [2.45, 2.75) is 32.2 Å². The Labute approximate surface area is 97.1 Å². The maximum absolute atomic E-state index is 11.4. The first-order chi connectivity index (χ1) is 7.72. The summed E-state index contributed by atoms with van der Waals surface area (Å²) in [4.78, 5) is 11.4. The summed E-state index contributed by atoms with van der Waals surface area (Å²) in [6, 6.07) is 9.98. The summed E-state index contributed by atoms with van der Waals surface area (Å²) in [6.45, 7) is 1.80. The molecule has 0 aliphatic carbocycles. The van der Waals surface area contributed by atoms with Crippen LogP contribution in [0.25, 0.3) is 0 Å². The van der Waals surface area contributed by atoms with Gasteiger partial charge < -0.3 is 5.32 Å². The number of carbonyl (C=O) groups excluding carboxylic acids is 1. The first-order valence-corrected chi connectivity index (χ1v) is 5.52. The smallest absolute Gasteiger partial charge is 0.220 e. The molecule has 1 unspecified atom stereocenters. The number of amides is 1. The molecule has 2 heteroatoms. The highest BCUT2D eigenvalue weighted by molar-refractivity contribution is 5.76. The molecule has 84 valence electrons. The number of aryl methyl sites for hydroxylation is 1. The van der Waals surface area contributed by atoms with Crippen LogP contribution in [-0.4, -0.2) is 11.9 Å². The molecule has 0 aliphatic rings. The molecule has 16 heavy (non-hydrogen) atoms. The van der Waals surface area contributed by atoms with E-state index in [4.69, 9.17) is 6.42 Å². The van der Waals surface area contributed by atoms with Gasteiger partial charge in [-0.25, -0.2) is 0 Å². The minimum Gasteiger partial charge on any atom is -0.343 e. The van der Waals surface area contributed by atoms with Crippen molar-refractivity contribution < 1.29 is 4.79 Å². The lowest BCUT2D eigenvalue weighted by atomic mass is 10.1. The Morgan fingerprint density at radius 1 is 1.44 bits per heavy atom. The number of nitrogens with one attached hydrogen (secondary N) is 1. The van der Waals surface area contributed by atoms with Crippen molar-refractivity contribution in [1.82, 2.24) is 5.32 Å². The van der Waals surface area contributed by atoms with Crippen molar-refractivity contribution in [3.63, 3.8) is 0 Å². The van der Waals surface area contributed by atoms with E-state index < -0.39 is 0 Å². The van der Waals surface area contributed by atoms with Gasteiger partial charge in [0.15, 0.2) is 0 Å². The Balaban J connectivity index is 2.21. The Hall–Kier alpha value is -1.75. The third kappa shape index (κ3) is 4.65. The fraction of sp³-hybridized carbons (Fsp3) is 0.357. The summed E-state index contributed by atoms with van der Waals surface area (Å²) in [5.41, 5.74) is 1.26. The van der Waals surface area contributed by atoms with E-state index >= 15 is 0 Å². The first-order valence-electron chi connectivity index (χ1n) is 5.52. The summed E-state index contributed by atoms with van der Waals surface area (Å²) >= 11 is 0. The van der Waals surface area contributed by atoms with E-state index in [2.05, 4.69) is 23.4 Å². The van der Waals surface area contributed by atoms with Crippen molar-refractivity contribution in [3.8, 4) is 12.3 Å². The third-order valence-corrected chi connectivity index (χ3v) is 2.34. The lowest BCUT2D eigenvalue weighted by Gasteiger charge is -2.07. The summed E-state index contributed by atoms with van der Waals surface area (Å²) in [5, 5.41) is 2.74. The minimum atomic E-state index is -0.177. The summed E-state index contributed by atoms with van der Waals surface area (Å²) in [6.07, 6.45) is 7.49. The highest BCUT2D eigenvalue weighted by Crippen LogP contribution is 2.04. The average Bonchev–Trinajstić information content (AvgIpc) is 2.30. The van der Waals surface area contributed by atoms with Crippen molar-refractivity contribution >= 4 is 5.91 Å². The lowest BCUT2D eigenvalue weighted by Crippen LogP contribution is -2.31. The van der Waals surface area contributed by atoms with Crippen LogP contribution in [0.4, 0.5) is 0 Å². The molecule has 1 amide bonds. The molecule has 0 spiro atoms. The Morgan fingerprint density at radius 3 is 2.75 bits per heavy atom. The second-order valence-electron chi connectivity index (χ2n) is 3.80. The van der Waals surface area contributed by atoms with Crippen LogP contribution in [0.2, 0.25) is 0 Å². The van der Waals surface area contributed by atoms with E-state index in [0.29, 0.717) is 6.42 Å². The van der Waals surface area contributed by atoms with E-state index in [1.807, 2.05) is 18.2 Å². The molecule has 0 aliphatic heterocycles. The topological polar surface area (TPSA) is 29.1 Å². The molecule has 0 fully saturated rings. The molecule has 2 nitrogen and oxygen atoms in total. The monoisotopic (exact) mass is 215 g/mol. The number of benzene rings is 1. The van der Waals surface area contributed by atoms with Crippen molar-refractivity contribution in [1.29, 1.82) is 0 Å². The lowest BCUT2D eigenvalue weighted by molar-refractivity contribution is -0.121. The predicted molar refractivity (Wildman–Crippen MR) is 65.8 cm³/mol.